The quantitative estimate of drug-likeness (QED) is 0.846. The van der Waals surface area contributed by atoms with Crippen LogP contribution in [0.2, 0.25) is 5.15 Å². The van der Waals surface area contributed by atoms with Crippen molar-refractivity contribution in [3.63, 3.8) is 0 Å². The summed E-state index contributed by atoms with van der Waals surface area (Å²) >= 11 is 8.70. The summed E-state index contributed by atoms with van der Waals surface area (Å²) in [6.07, 6.45) is 2.82. The standard InChI is InChI=1S/C10H5BrClFN2O/c11-7-3-6(1-2-8(7)13)16-10-5-14-4-9(12)15-10/h1-5H. The summed E-state index contributed by atoms with van der Waals surface area (Å²) < 4.78 is 18.6. The van der Waals surface area contributed by atoms with Gasteiger partial charge < -0.3 is 4.74 Å². The summed E-state index contributed by atoms with van der Waals surface area (Å²) in [4.78, 5) is 7.71. The predicted molar refractivity (Wildman–Crippen MR) is 61.2 cm³/mol. The molecule has 0 aliphatic rings. The number of halogens is 3. The van der Waals surface area contributed by atoms with Crippen molar-refractivity contribution in [2.45, 2.75) is 0 Å². The van der Waals surface area contributed by atoms with Gasteiger partial charge in [-0.2, -0.15) is 4.98 Å². The lowest BCUT2D eigenvalue weighted by Crippen LogP contribution is -1.90. The second-order valence-electron chi connectivity index (χ2n) is 2.86. The van der Waals surface area contributed by atoms with E-state index in [-0.39, 0.29) is 16.9 Å². The molecule has 0 unspecified atom stereocenters. The van der Waals surface area contributed by atoms with Gasteiger partial charge in [0.2, 0.25) is 5.88 Å². The van der Waals surface area contributed by atoms with E-state index in [1.165, 1.54) is 30.6 Å². The average molecular weight is 304 g/mol. The van der Waals surface area contributed by atoms with Crippen LogP contribution in [-0.4, -0.2) is 9.97 Å². The molecule has 2 rings (SSSR count). The molecule has 82 valence electrons. The third kappa shape index (κ3) is 2.68. The van der Waals surface area contributed by atoms with Crippen molar-refractivity contribution in [2.75, 3.05) is 0 Å². The number of ether oxygens (including phenoxy) is 1. The SMILES string of the molecule is Fc1ccc(Oc2cncc(Cl)n2)cc1Br. The maximum Gasteiger partial charge on any atom is 0.239 e. The van der Waals surface area contributed by atoms with Crippen LogP contribution >= 0.6 is 27.5 Å². The van der Waals surface area contributed by atoms with E-state index >= 15 is 0 Å². The smallest absolute Gasteiger partial charge is 0.239 e. The molecule has 0 saturated heterocycles. The third-order valence-corrected chi connectivity index (χ3v) is 2.49. The maximum absolute atomic E-state index is 13.0. The largest absolute Gasteiger partial charge is 0.437 e. The van der Waals surface area contributed by atoms with Crippen LogP contribution in [0.5, 0.6) is 11.6 Å². The van der Waals surface area contributed by atoms with Crippen molar-refractivity contribution in [1.82, 2.24) is 9.97 Å². The topological polar surface area (TPSA) is 35.0 Å². The van der Waals surface area contributed by atoms with Gasteiger partial charge in [0, 0.05) is 0 Å². The molecule has 0 atom stereocenters. The van der Waals surface area contributed by atoms with Gasteiger partial charge in [-0.3, -0.25) is 4.98 Å². The average Bonchev–Trinajstić information content (AvgIpc) is 2.24. The summed E-state index contributed by atoms with van der Waals surface area (Å²) in [6.45, 7) is 0. The van der Waals surface area contributed by atoms with Crippen LogP contribution in [0.4, 0.5) is 4.39 Å². The van der Waals surface area contributed by atoms with Crippen LogP contribution in [0.3, 0.4) is 0 Å². The van der Waals surface area contributed by atoms with E-state index in [4.69, 9.17) is 16.3 Å². The Morgan fingerprint density at radius 3 is 2.81 bits per heavy atom. The van der Waals surface area contributed by atoms with E-state index in [9.17, 15) is 4.39 Å². The molecule has 1 heterocycles. The normalized spacial score (nSPS) is 10.2. The molecule has 0 aliphatic carbocycles. The molecular formula is C10H5BrClFN2O. The summed E-state index contributed by atoms with van der Waals surface area (Å²) in [5, 5.41) is 0.235. The first-order valence-corrected chi connectivity index (χ1v) is 5.43. The Morgan fingerprint density at radius 2 is 2.12 bits per heavy atom. The summed E-state index contributed by atoms with van der Waals surface area (Å²) in [5.41, 5.74) is 0. The zero-order valence-electron chi connectivity index (χ0n) is 7.82. The van der Waals surface area contributed by atoms with E-state index in [0.717, 1.165) is 0 Å². The zero-order valence-corrected chi connectivity index (χ0v) is 10.2. The van der Waals surface area contributed by atoms with E-state index in [1.54, 1.807) is 0 Å². The van der Waals surface area contributed by atoms with Gasteiger partial charge in [-0.1, -0.05) is 11.6 Å². The molecule has 0 bridgehead atoms. The lowest BCUT2D eigenvalue weighted by molar-refractivity contribution is 0.458. The Bertz CT molecular complexity index is 524. The first kappa shape index (κ1) is 11.3. The molecular weight excluding hydrogens is 298 g/mol. The Hall–Kier alpha value is -1.20. The van der Waals surface area contributed by atoms with Crippen LogP contribution in [0.15, 0.2) is 35.1 Å². The molecule has 16 heavy (non-hydrogen) atoms. The van der Waals surface area contributed by atoms with Crippen molar-refractivity contribution < 1.29 is 9.13 Å². The van der Waals surface area contributed by atoms with Gasteiger partial charge in [-0.05, 0) is 34.1 Å². The van der Waals surface area contributed by atoms with Crippen molar-refractivity contribution >= 4 is 27.5 Å². The second kappa shape index (κ2) is 4.76. The first-order chi connectivity index (χ1) is 7.65. The van der Waals surface area contributed by atoms with Gasteiger partial charge >= 0.3 is 0 Å². The Kier molecular flexibility index (Phi) is 3.36. The van der Waals surface area contributed by atoms with E-state index < -0.39 is 0 Å². The number of aromatic nitrogens is 2. The van der Waals surface area contributed by atoms with Gasteiger partial charge in [-0.15, -0.1) is 0 Å². The van der Waals surface area contributed by atoms with Crippen molar-refractivity contribution in [3.05, 3.63) is 46.0 Å². The van der Waals surface area contributed by atoms with Gasteiger partial charge in [0.15, 0.2) is 5.15 Å². The predicted octanol–water partition coefficient (Wildman–Crippen LogP) is 3.82. The lowest BCUT2D eigenvalue weighted by Gasteiger charge is -2.04. The number of rotatable bonds is 2. The van der Waals surface area contributed by atoms with Crippen molar-refractivity contribution in [3.8, 4) is 11.6 Å². The van der Waals surface area contributed by atoms with Crippen molar-refractivity contribution in [1.29, 1.82) is 0 Å². The molecule has 1 aromatic carbocycles. The summed E-state index contributed by atoms with van der Waals surface area (Å²) in [6, 6.07) is 4.28. The number of hydrogen-bond donors (Lipinski definition) is 0. The highest BCUT2D eigenvalue weighted by atomic mass is 79.9. The monoisotopic (exact) mass is 302 g/mol. The minimum atomic E-state index is -0.357. The molecule has 0 aliphatic heterocycles. The number of hydrogen-bond acceptors (Lipinski definition) is 3. The molecule has 0 amide bonds. The number of nitrogens with zero attached hydrogens (tertiary/aromatic N) is 2. The molecule has 0 fully saturated rings. The molecule has 0 radical (unpaired) electrons. The third-order valence-electron chi connectivity index (χ3n) is 1.70. The zero-order chi connectivity index (χ0) is 11.5. The molecule has 0 spiro atoms. The fourth-order valence-electron chi connectivity index (χ4n) is 1.04. The molecule has 6 heteroatoms. The van der Waals surface area contributed by atoms with Crippen LogP contribution in [-0.2, 0) is 0 Å². The van der Waals surface area contributed by atoms with E-state index in [2.05, 4.69) is 25.9 Å². The molecule has 0 N–H and O–H groups in total. The molecule has 2 aromatic rings. The molecule has 1 aromatic heterocycles. The number of benzene rings is 1. The van der Waals surface area contributed by atoms with Gasteiger partial charge in [0.25, 0.3) is 0 Å². The van der Waals surface area contributed by atoms with Crippen LogP contribution in [0.1, 0.15) is 0 Å². The van der Waals surface area contributed by atoms with Gasteiger partial charge in [-0.25, -0.2) is 4.39 Å². The highest BCUT2D eigenvalue weighted by molar-refractivity contribution is 9.10. The summed E-state index contributed by atoms with van der Waals surface area (Å²) in [5.74, 6) is 0.348. The highest BCUT2D eigenvalue weighted by Gasteiger charge is 2.04. The molecule has 0 saturated carbocycles. The fraction of sp³-hybridized carbons (Fsp3) is 0. The summed E-state index contributed by atoms with van der Waals surface area (Å²) in [7, 11) is 0. The second-order valence-corrected chi connectivity index (χ2v) is 4.10. The van der Waals surface area contributed by atoms with Crippen LogP contribution in [0, 0.1) is 5.82 Å². The van der Waals surface area contributed by atoms with Crippen molar-refractivity contribution in [2.24, 2.45) is 0 Å². The van der Waals surface area contributed by atoms with Gasteiger partial charge in [0.1, 0.15) is 11.6 Å². The Labute approximate surface area is 104 Å². The Balaban J connectivity index is 2.24. The maximum atomic E-state index is 13.0. The van der Waals surface area contributed by atoms with E-state index in [0.29, 0.717) is 10.2 Å². The molecule has 3 nitrogen and oxygen atoms in total. The van der Waals surface area contributed by atoms with Crippen LogP contribution in [0.25, 0.3) is 0 Å². The minimum absolute atomic E-state index is 0.235. The fourth-order valence-corrected chi connectivity index (χ4v) is 1.53. The first-order valence-electron chi connectivity index (χ1n) is 4.25. The van der Waals surface area contributed by atoms with E-state index in [1.807, 2.05) is 0 Å². The van der Waals surface area contributed by atoms with Crippen LogP contribution < -0.4 is 4.74 Å². The lowest BCUT2D eigenvalue weighted by atomic mass is 10.3. The minimum Gasteiger partial charge on any atom is -0.437 e. The highest BCUT2D eigenvalue weighted by Crippen LogP contribution is 2.25. The van der Waals surface area contributed by atoms with Gasteiger partial charge in [0.05, 0.1) is 16.9 Å². The Morgan fingerprint density at radius 1 is 1.31 bits per heavy atom.